The molecule has 1 aliphatic rings. The molecule has 1 heterocycles. The third-order valence-corrected chi connectivity index (χ3v) is 3.81. The van der Waals surface area contributed by atoms with E-state index in [4.69, 9.17) is 4.74 Å². The van der Waals surface area contributed by atoms with Gasteiger partial charge in [-0.15, -0.1) is 0 Å². The van der Waals surface area contributed by atoms with E-state index in [0.29, 0.717) is 25.5 Å². The third-order valence-electron chi connectivity index (χ3n) is 3.81. The van der Waals surface area contributed by atoms with E-state index >= 15 is 0 Å². The highest BCUT2D eigenvalue weighted by molar-refractivity contribution is 5.80. The Morgan fingerprint density at radius 1 is 1.41 bits per heavy atom. The highest BCUT2D eigenvalue weighted by atomic mass is 19.1. The maximum Gasteiger partial charge on any atom is 0.311 e. The van der Waals surface area contributed by atoms with Gasteiger partial charge in [-0.05, 0) is 31.9 Å². The number of likely N-dealkylation sites (tertiary alicyclic amines) is 1. The summed E-state index contributed by atoms with van der Waals surface area (Å²) >= 11 is 0. The molecule has 1 aromatic carbocycles. The molecule has 120 valence electrons. The molecule has 0 bridgehead atoms. The van der Waals surface area contributed by atoms with Crippen LogP contribution in [0.5, 0.6) is 5.75 Å². The van der Waals surface area contributed by atoms with Crippen molar-refractivity contribution in [2.45, 2.75) is 19.8 Å². The van der Waals surface area contributed by atoms with Crippen molar-refractivity contribution >= 4 is 11.9 Å². The van der Waals surface area contributed by atoms with Crippen LogP contribution in [0, 0.1) is 17.0 Å². The first-order valence-electron chi connectivity index (χ1n) is 6.91. The number of hydrogen-bond acceptors (Lipinski definition) is 3. The maximum absolute atomic E-state index is 13.4. The number of carboxylic acids is 1. The average Bonchev–Trinajstić information content (AvgIpc) is 2.46. The Bertz CT molecular complexity index is 593. The lowest BCUT2D eigenvalue weighted by atomic mass is 9.82. The van der Waals surface area contributed by atoms with Crippen molar-refractivity contribution < 1.29 is 28.2 Å². The number of halogens is 2. The number of carbonyl (C=O) groups excluding carboxylic acids is 1. The van der Waals surface area contributed by atoms with Gasteiger partial charge in [0.05, 0.1) is 5.41 Å². The normalized spacial score (nSPS) is 21.5. The van der Waals surface area contributed by atoms with Crippen molar-refractivity contribution in [3.63, 3.8) is 0 Å². The van der Waals surface area contributed by atoms with Crippen molar-refractivity contribution in [1.82, 2.24) is 4.90 Å². The molecule has 2 rings (SSSR count). The highest BCUT2D eigenvalue weighted by Gasteiger charge is 2.39. The van der Waals surface area contributed by atoms with Gasteiger partial charge in [0.2, 0.25) is 0 Å². The first kappa shape index (κ1) is 16.2. The molecule has 0 aromatic heterocycles. The van der Waals surface area contributed by atoms with Gasteiger partial charge in [0.25, 0.3) is 5.91 Å². The summed E-state index contributed by atoms with van der Waals surface area (Å²) in [6.07, 6.45) is 1.08. The number of carbonyl (C=O) groups is 2. The smallest absolute Gasteiger partial charge is 0.311 e. The molecular formula is C15H17F2NO4. The first-order valence-corrected chi connectivity index (χ1v) is 6.91. The van der Waals surface area contributed by atoms with Crippen molar-refractivity contribution in [1.29, 1.82) is 0 Å². The van der Waals surface area contributed by atoms with Gasteiger partial charge in [0.1, 0.15) is 5.82 Å². The Labute approximate surface area is 126 Å². The molecule has 5 nitrogen and oxygen atoms in total. The summed E-state index contributed by atoms with van der Waals surface area (Å²) in [5.41, 5.74) is -0.977. The van der Waals surface area contributed by atoms with Gasteiger partial charge in [-0.2, -0.15) is 0 Å². The zero-order chi connectivity index (χ0) is 16.3. The van der Waals surface area contributed by atoms with Crippen molar-refractivity contribution in [3.8, 4) is 5.75 Å². The van der Waals surface area contributed by atoms with Crippen LogP contribution in [0.15, 0.2) is 18.2 Å². The molecule has 1 atom stereocenters. The topological polar surface area (TPSA) is 66.8 Å². The summed E-state index contributed by atoms with van der Waals surface area (Å²) < 4.78 is 31.2. The number of rotatable bonds is 4. The fourth-order valence-electron chi connectivity index (χ4n) is 2.45. The Hall–Kier alpha value is -2.18. The van der Waals surface area contributed by atoms with Gasteiger partial charge < -0.3 is 14.7 Å². The zero-order valence-electron chi connectivity index (χ0n) is 12.1. The molecule has 0 saturated carbocycles. The van der Waals surface area contributed by atoms with Gasteiger partial charge in [-0.3, -0.25) is 9.59 Å². The quantitative estimate of drug-likeness (QED) is 0.924. The first-order chi connectivity index (χ1) is 10.3. The lowest BCUT2D eigenvalue weighted by Gasteiger charge is -2.37. The lowest BCUT2D eigenvalue weighted by Crippen LogP contribution is -2.49. The Morgan fingerprint density at radius 2 is 2.14 bits per heavy atom. The number of aliphatic carboxylic acids is 1. The summed E-state index contributed by atoms with van der Waals surface area (Å²) in [5, 5.41) is 9.21. The van der Waals surface area contributed by atoms with E-state index in [1.54, 1.807) is 6.92 Å². The molecule has 1 N–H and O–H groups in total. The predicted octanol–water partition coefficient (Wildman–Crippen LogP) is 2.06. The van der Waals surface area contributed by atoms with E-state index < -0.39 is 35.5 Å². The van der Waals surface area contributed by atoms with Crippen molar-refractivity contribution in [2.24, 2.45) is 5.41 Å². The second-order valence-electron chi connectivity index (χ2n) is 5.65. The Balaban J connectivity index is 1.96. The zero-order valence-corrected chi connectivity index (χ0v) is 12.1. The molecule has 1 fully saturated rings. The van der Waals surface area contributed by atoms with Crippen LogP contribution < -0.4 is 4.74 Å². The van der Waals surface area contributed by atoms with E-state index in [0.717, 1.165) is 12.1 Å². The highest BCUT2D eigenvalue weighted by Crippen LogP contribution is 2.29. The van der Waals surface area contributed by atoms with Crippen LogP contribution >= 0.6 is 0 Å². The summed E-state index contributed by atoms with van der Waals surface area (Å²) in [6.45, 7) is 1.71. The van der Waals surface area contributed by atoms with E-state index in [1.807, 2.05) is 0 Å². The lowest BCUT2D eigenvalue weighted by molar-refractivity contribution is -0.153. The van der Waals surface area contributed by atoms with E-state index in [2.05, 4.69) is 0 Å². The summed E-state index contributed by atoms with van der Waals surface area (Å²) in [7, 11) is 0. The average molecular weight is 313 g/mol. The molecule has 0 radical (unpaired) electrons. The molecule has 0 aliphatic carbocycles. The maximum atomic E-state index is 13.4. The summed E-state index contributed by atoms with van der Waals surface area (Å²) in [4.78, 5) is 24.7. The summed E-state index contributed by atoms with van der Waals surface area (Å²) in [5.74, 6) is -3.20. The van der Waals surface area contributed by atoms with Crippen LogP contribution in [0.3, 0.4) is 0 Å². The van der Waals surface area contributed by atoms with Gasteiger partial charge in [-0.25, -0.2) is 8.78 Å². The second kappa shape index (κ2) is 6.29. The van der Waals surface area contributed by atoms with Crippen LogP contribution in [0.25, 0.3) is 0 Å². The van der Waals surface area contributed by atoms with Gasteiger partial charge in [-0.1, -0.05) is 0 Å². The second-order valence-corrected chi connectivity index (χ2v) is 5.65. The third kappa shape index (κ3) is 3.52. The van der Waals surface area contributed by atoms with Crippen LogP contribution in [0.2, 0.25) is 0 Å². The molecule has 1 amide bonds. The van der Waals surface area contributed by atoms with E-state index in [-0.39, 0.29) is 12.3 Å². The predicted molar refractivity (Wildman–Crippen MR) is 73.4 cm³/mol. The minimum atomic E-state index is -0.977. The standard InChI is InChI=1S/C15H17F2NO4/c1-15(14(20)21)5-2-6-18(9-15)13(19)8-22-12-4-3-10(16)7-11(12)17/h3-4,7H,2,5-6,8-9H2,1H3,(H,20,21). The number of carboxylic acid groups (broad SMARTS) is 1. The number of nitrogens with zero attached hydrogens (tertiary/aromatic N) is 1. The molecule has 0 spiro atoms. The molecule has 1 aromatic rings. The van der Waals surface area contributed by atoms with Gasteiger partial charge >= 0.3 is 5.97 Å². The van der Waals surface area contributed by atoms with Gasteiger partial charge in [0.15, 0.2) is 18.2 Å². The molecule has 7 heteroatoms. The molecular weight excluding hydrogens is 296 g/mol. The van der Waals surface area contributed by atoms with Crippen LogP contribution in [-0.2, 0) is 9.59 Å². The van der Waals surface area contributed by atoms with Crippen LogP contribution in [-0.4, -0.2) is 41.6 Å². The monoisotopic (exact) mass is 313 g/mol. The Kier molecular flexibility index (Phi) is 4.63. The Morgan fingerprint density at radius 3 is 2.77 bits per heavy atom. The van der Waals surface area contributed by atoms with Crippen molar-refractivity contribution in [2.75, 3.05) is 19.7 Å². The summed E-state index contributed by atoms with van der Waals surface area (Å²) in [6, 6.07) is 2.81. The number of piperidine rings is 1. The molecule has 1 unspecified atom stereocenters. The van der Waals surface area contributed by atoms with Crippen LogP contribution in [0.1, 0.15) is 19.8 Å². The van der Waals surface area contributed by atoms with Crippen LogP contribution in [0.4, 0.5) is 8.78 Å². The molecule has 1 saturated heterocycles. The minimum absolute atomic E-state index is 0.0937. The van der Waals surface area contributed by atoms with E-state index in [9.17, 15) is 23.5 Å². The fraction of sp³-hybridized carbons (Fsp3) is 0.467. The van der Waals surface area contributed by atoms with Crippen molar-refractivity contribution in [3.05, 3.63) is 29.8 Å². The van der Waals surface area contributed by atoms with Gasteiger partial charge in [0, 0.05) is 19.2 Å². The number of amides is 1. The fourth-order valence-corrected chi connectivity index (χ4v) is 2.45. The number of benzene rings is 1. The molecule has 1 aliphatic heterocycles. The van der Waals surface area contributed by atoms with E-state index in [1.165, 1.54) is 4.90 Å². The molecule has 22 heavy (non-hydrogen) atoms. The number of hydrogen-bond donors (Lipinski definition) is 1. The number of ether oxygens (including phenoxy) is 1. The largest absolute Gasteiger partial charge is 0.481 e. The SMILES string of the molecule is CC1(C(=O)O)CCCN(C(=O)COc2ccc(F)cc2F)C1. The minimum Gasteiger partial charge on any atom is -0.481 e.